The highest BCUT2D eigenvalue weighted by molar-refractivity contribution is 5.79. The quantitative estimate of drug-likeness (QED) is 0.656. The zero-order valence-corrected chi connectivity index (χ0v) is 8.10. The fraction of sp³-hybridized carbons (Fsp3) is 0.900. The first kappa shape index (κ1) is 9.72. The molecular formula is C10H19NO. The van der Waals surface area contributed by atoms with E-state index in [-0.39, 0.29) is 0 Å². The Morgan fingerprint density at radius 3 is 2.75 bits per heavy atom. The number of hydrogen-bond acceptors (Lipinski definition) is 2. The van der Waals surface area contributed by atoms with Crippen molar-refractivity contribution in [2.45, 2.75) is 45.6 Å². The molecule has 0 radical (unpaired) electrons. The van der Waals surface area contributed by atoms with E-state index < -0.39 is 0 Å². The van der Waals surface area contributed by atoms with Crippen LogP contribution < -0.4 is 5.32 Å². The third-order valence-electron chi connectivity index (χ3n) is 2.30. The Kier molecular flexibility index (Phi) is 3.73. The molecule has 0 bridgehead atoms. The van der Waals surface area contributed by atoms with Gasteiger partial charge in [-0.25, -0.2) is 0 Å². The van der Waals surface area contributed by atoms with Gasteiger partial charge in [-0.1, -0.05) is 6.92 Å². The summed E-state index contributed by atoms with van der Waals surface area (Å²) in [6.45, 7) is 5.11. The highest BCUT2D eigenvalue weighted by atomic mass is 16.1. The molecule has 12 heavy (non-hydrogen) atoms. The molecule has 0 spiro atoms. The number of hydrogen-bond donors (Lipinski definition) is 1. The summed E-state index contributed by atoms with van der Waals surface area (Å²) < 4.78 is 0. The topological polar surface area (TPSA) is 29.1 Å². The van der Waals surface area contributed by atoms with Gasteiger partial charge in [0.1, 0.15) is 5.78 Å². The lowest BCUT2D eigenvalue weighted by Crippen LogP contribution is -2.28. The van der Waals surface area contributed by atoms with Crippen LogP contribution in [0.2, 0.25) is 0 Å². The second-order valence-corrected chi connectivity index (χ2v) is 3.85. The predicted molar refractivity (Wildman–Crippen MR) is 50.1 cm³/mol. The summed E-state index contributed by atoms with van der Waals surface area (Å²) in [5, 5.41) is 3.25. The number of nitrogens with one attached hydrogen (secondary N) is 1. The van der Waals surface area contributed by atoms with Crippen LogP contribution in [0.15, 0.2) is 0 Å². The molecule has 1 unspecified atom stereocenters. The lowest BCUT2D eigenvalue weighted by atomic mass is 10.1. The molecule has 2 nitrogen and oxygen atoms in total. The summed E-state index contributed by atoms with van der Waals surface area (Å²) in [6.07, 6.45) is 4.10. The lowest BCUT2D eigenvalue weighted by molar-refractivity contribution is -0.119. The van der Waals surface area contributed by atoms with Crippen LogP contribution in [0.25, 0.3) is 0 Å². The SMILES string of the molecule is CCNC(C)CC(=O)CC1CC1. The molecule has 1 fully saturated rings. The van der Waals surface area contributed by atoms with E-state index in [0.717, 1.165) is 18.9 Å². The molecule has 1 saturated carbocycles. The molecular weight excluding hydrogens is 150 g/mol. The Hall–Kier alpha value is -0.370. The van der Waals surface area contributed by atoms with Crippen LogP contribution in [-0.4, -0.2) is 18.4 Å². The van der Waals surface area contributed by atoms with Gasteiger partial charge in [-0.2, -0.15) is 0 Å². The maximum absolute atomic E-state index is 11.3. The standard InChI is InChI=1S/C10H19NO/c1-3-11-8(2)6-10(12)7-9-4-5-9/h8-9,11H,3-7H2,1-2H3. The van der Waals surface area contributed by atoms with Gasteiger partial charge in [0.25, 0.3) is 0 Å². The molecule has 70 valence electrons. The van der Waals surface area contributed by atoms with Crippen molar-refractivity contribution >= 4 is 5.78 Å². The normalized spacial score (nSPS) is 19.2. The minimum atomic E-state index is 0.362. The summed E-state index contributed by atoms with van der Waals surface area (Å²) in [5.74, 6) is 1.18. The highest BCUT2D eigenvalue weighted by Crippen LogP contribution is 2.32. The molecule has 1 aliphatic rings. The van der Waals surface area contributed by atoms with E-state index in [2.05, 4.69) is 19.2 Å². The van der Waals surface area contributed by atoms with Crippen molar-refractivity contribution in [1.29, 1.82) is 0 Å². The molecule has 0 aromatic heterocycles. The van der Waals surface area contributed by atoms with E-state index in [0.29, 0.717) is 18.2 Å². The van der Waals surface area contributed by atoms with E-state index >= 15 is 0 Å². The lowest BCUT2D eigenvalue weighted by Gasteiger charge is -2.10. The van der Waals surface area contributed by atoms with Crippen molar-refractivity contribution in [3.63, 3.8) is 0 Å². The zero-order valence-electron chi connectivity index (χ0n) is 8.10. The largest absolute Gasteiger partial charge is 0.314 e. The summed E-state index contributed by atoms with van der Waals surface area (Å²) in [5.41, 5.74) is 0. The average Bonchev–Trinajstić information content (AvgIpc) is 2.71. The molecule has 1 rings (SSSR count). The van der Waals surface area contributed by atoms with Gasteiger partial charge in [-0.05, 0) is 32.2 Å². The van der Waals surface area contributed by atoms with E-state index in [1.54, 1.807) is 0 Å². The number of ketones is 1. The zero-order chi connectivity index (χ0) is 8.97. The number of carbonyl (C=O) groups excluding carboxylic acids is 1. The second kappa shape index (κ2) is 4.61. The Balaban J connectivity index is 2.06. The van der Waals surface area contributed by atoms with Gasteiger partial charge >= 0.3 is 0 Å². The Bertz CT molecular complexity index is 152. The molecule has 0 heterocycles. The van der Waals surface area contributed by atoms with Crippen LogP contribution in [-0.2, 0) is 4.79 Å². The minimum absolute atomic E-state index is 0.362. The summed E-state index contributed by atoms with van der Waals surface area (Å²) >= 11 is 0. The van der Waals surface area contributed by atoms with Crippen LogP contribution in [0.4, 0.5) is 0 Å². The van der Waals surface area contributed by atoms with Gasteiger partial charge < -0.3 is 5.32 Å². The predicted octanol–water partition coefficient (Wildman–Crippen LogP) is 1.74. The van der Waals surface area contributed by atoms with Gasteiger partial charge in [0.2, 0.25) is 0 Å². The number of rotatable bonds is 6. The Morgan fingerprint density at radius 2 is 2.25 bits per heavy atom. The summed E-state index contributed by atoms with van der Waals surface area (Å²) in [4.78, 5) is 11.3. The van der Waals surface area contributed by atoms with Crippen LogP contribution >= 0.6 is 0 Å². The first-order chi connectivity index (χ1) is 5.72. The van der Waals surface area contributed by atoms with Gasteiger partial charge in [0.05, 0.1) is 0 Å². The maximum Gasteiger partial charge on any atom is 0.134 e. The first-order valence-corrected chi connectivity index (χ1v) is 4.97. The van der Waals surface area contributed by atoms with Crippen molar-refractivity contribution in [1.82, 2.24) is 5.32 Å². The maximum atomic E-state index is 11.3. The fourth-order valence-electron chi connectivity index (χ4n) is 1.49. The summed E-state index contributed by atoms with van der Waals surface area (Å²) in [6, 6.07) is 0.362. The van der Waals surface area contributed by atoms with Crippen molar-refractivity contribution in [2.75, 3.05) is 6.54 Å². The van der Waals surface area contributed by atoms with Crippen LogP contribution in [0.5, 0.6) is 0 Å². The third-order valence-corrected chi connectivity index (χ3v) is 2.30. The summed E-state index contributed by atoms with van der Waals surface area (Å²) in [7, 11) is 0. The van der Waals surface area contributed by atoms with Gasteiger partial charge in [-0.15, -0.1) is 0 Å². The van der Waals surface area contributed by atoms with Crippen LogP contribution in [0.3, 0.4) is 0 Å². The molecule has 1 atom stereocenters. The van der Waals surface area contributed by atoms with Crippen LogP contribution in [0.1, 0.15) is 39.5 Å². The number of carbonyl (C=O) groups is 1. The highest BCUT2D eigenvalue weighted by Gasteiger charge is 2.24. The van der Waals surface area contributed by atoms with E-state index in [1.165, 1.54) is 12.8 Å². The fourth-order valence-corrected chi connectivity index (χ4v) is 1.49. The number of Topliss-reactive ketones (excluding diaryl/α,β-unsaturated/α-hetero) is 1. The van der Waals surface area contributed by atoms with Gasteiger partial charge in [0, 0.05) is 18.9 Å². The Labute approximate surface area is 74.7 Å². The van der Waals surface area contributed by atoms with E-state index in [9.17, 15) is 4.79 Å². The van der Waals surface area contributed by atoms with Crippen molar-refractivity contribution < 1.29 is 4.79 Å². The molecule has 0 aromatic rings. The van der Waals surface area contributed by atoms with E-state index in [4.69, 9.17) is 0 Å². The molecule has 2 heteroatoms. The second-order valence-electron chi connectivity index (χ2n) is 3.85. The van der Waals surface area contributed by atoms with Gasteiger partial charge in [-0.3, -0.25) is 4.79 Å². The molecule has 1 N–H and O–H groups in total. The Morgan fingerprint density at radius 1 is 1.58 bits per heavy atom. The molecule has 1 aliphatic carbocycles. The van der Waals surface area contributed by atoms with Crippen molar-refractivity contribution in [2.24, 2.45) is 5.92 Å². The van der Waals surface area contributed by atoms with Gasteiger partial charge in [0.15, 0.2) is 0 Å². The monoisotopic (exact) mass is 169 g/mol. The smallest absolute Gasteiger partial charge is 0.134 e. The molecule has 0 aromatic carbocycles. The van der Waals surface area contributed by atoms with Crippen molar-refractivity contribution in [3.8, 4) is 0 Å². The van der Waals surface area contributed by atoms with Crippen LogP contribution in [0, 0.1) is 5.92 Å². The third kappa shape index (κ3) is 3.86. The molecule has 0 aliphatic heterocycles. The first-order valence-electron chi connectivity index (χ1n) is 4.97. The average molecular weight is 169 g/mol. The molecule has 0 saturated heterocycles. The van der Waals surface area contributed by atoms with E-state index in [1.807, 2.05) is 0 Å². The minimum Gasteiger partial charge on any atom is -0.314 e. The van der Waals surface area contributed by atoms with Crippen molar-refractivity contribution in [3.05, 3.63) is 0 Å². The molecule has 0 amide bonds.